The van der Waals surface area contributed by atoms with Crippen LogP contribution in [0.5, 0.6) is 0 Å². The van der Waals surface area contributed by atoms with Crippen LogP contribution in [0.25, 0.3) is 82.5 Å². The SMILES string of the molecule is CCCCCCc1ccc(-n2c3ccc(B4OC(C)(C)C(C)(C)O4)cc3c3cc4c5cc(B6OC(C)(C)C(C)(C)O6)ccc5n(-c5ccc(CCCCCC)cc5)c4cc32)cc1.CCCCCCc1ccc(-n2c3ccc(Br)cc3c3cc(Br)ccc32)cc1. The molecule has 13 rings (SSSR count). The van der Waals surface area contributed by atoms with E-state index in [1.165, 1.54) is 149 Å². The van der Waals surface area contributed by atoms with Crippen molar-refractivity contribution in [1.82, 2.24) is 13.7 Å². The van der Waals surface area contributed by atoms with Gasteiger partial charge in [-0.2, -0.15) is 0 Å². The Morgan fingerprint density at radius 1 is 0.303 bits per heavy atom. The predicted octanol–water partition coefficient (Wildman–Crippen LogP) is 21.2. The number of aromatic nitrogens is 3. The monoisotopic (exact) mass is 1310 g/mol. The van der Waals surface area contributed by atoms with Gasteiger partial charge in [0.1, 0.15) is 0 Å². The molecule has 0 aliphatic carbocycles. The topological polar surface area (TPSA) is 51.7 Å². The number of hydrogen-bond donors (Lipinski definition) is 0. The lowest BCUT2D eigenvalue weighted by Gasteiger charge is -2.32. The van der Waals surface area contributed by atoms with Crippen molar-refractivity contribution < 1.29 is 18.6 Å². The normalized spacial score (nSPS) is 16.1. The molecule has 2 fully saturated rings. The lowest BCUT2D eigenvalue weighted by Crippen LogP contribution is -2.41. The van der Waals surface area contributed by atoms with E-state index in [-0.39, 0.29) is 0 Å². The second-order valence-electron chi connectivity index (χ2n) is 27.4. The minimum Gasteiger partial charge on any atom is -0.399 e. The van der Waals surface area contributed by atoms with E-state index in [2.05, 4.69) is 279 Å². The van der Waals surface area contributed by atoms with Crippen molar-refractivity contribution >= 4 is 122 Å². The van der Waals surface area contributed by atoms with E-state index in [0.29, 0.717) is 0 Å². The molecule has 0 radical (unpaired) electrons. The van der Waals surface area contributed by atoms with Crippen LogP contribution >= 0.6 is 31.9 Å². The molecule has 2 aliphatic rings. The van der Waals surface area contributed by atoms with Crippen LogP contribution in [0.4, 0.5) is 0 Å². The van der Waals surface area contributed by atoms with Crippen LogP contribution in [-0.2, 0) is 37.9 Å². The molecule has 0 bridgehead atoms. The molecule has 5 heterocycles. The summed E-state index contributed by atoms with van der Waals surface area (Å²) in [5.41, 5.74) is 15.2. The number of nitrogens with zero attached hydrogens (tertiary/aromatic N) is 3. The van der Waals surface area contributed by atoms with Crippen LogP contribution in [-0.4, -0.2) is 50.3 Å². The lowest BCUT2D eigenvalue weighted by molar-refractivity contribution is 0.00578. The van der Waals surface area contributed by atoms with Crippen molar-refractivity contribution in [3.05, 3.63) is 183 Å². The second-order valence-corrected chi connectivity index (χ2v) is 29.2. The maximum atomic E-state index is 6.62. The molecule has 0 N–H and O–H groups in total. The van der Waals surface area contributed by atoms with Crippen molar-refractivity contribution in [3.8, 4) is 17.1 Å². The van der Waals surface area contributed by atoms with E-state index in [1.54, 1.807) is 0 Å². The van der Waals surface area contributed by atoms with Crippen LogP contribution in [0.3, 0.4) is 0 Å². The molecule has 460 valence electrons. The number of benzene rings is 8. The number of rotatable bonds is 20. The van der Waals surface area contributed by atoms with Crippen molar-refractivity contribution in [2.24, 2.45) is 0 Å². The van der Waals surface area contributed by atoms with E-state index in [0.717, 1.165) is 66.2 Å². The largest absolute Gasteiger partial charge is 0.494 e. The Hall–Kier alpha value is -5.91. The molecule has 0 atom stereocenters. The summed E-state index contributed by atoms with van der Waals surface area (Å²) in [7, 11) is -0.921. The summed E-state index contributed by atoms with van der Waals surface area (Å²) in [5, 5.41) is 7.27. The summed E-state index contributed by atoms with van der Waals surface area (Å²) >= 11 is 7.25. The Morgan fingerprint density at radius 2 is 0.584 bits per heavy atom. The molecule has 0 saturated carbocycles. The summed E-state index contributed by atoms with van der Waals surface area (Å²) in [6.07, 6.45) is 18.7. The number of aryl methyl sites for hydroxylation is 3. The molecule has 3 aromatic heterocycles. The number of unbranched alkanes of at least 4 members (excludes halogenated alkanes) is 9. The van der Waals surface area contributed by atoms with Gasteiger partial charge in [0.2, 0.25) is 0 Å². The molecular formula is C78H89B2Br2N3O4. The molecule has 11 aromatic rings. The Labute approximate surface area is 546 Å². The minimum atomic E-state index is -0.461. The molecule has 2 saturated heterocycles. The molecular weight excluding hydrogens is 1220 g/mol. The molecule has 0 amide bonds. The van der Waals surface area contributed by atoms with Gasteiger partial charge in [-0.1, -0.05) is 171 Å². The fourth-order valence-electron chi connectivity index (χ4n) is 13.3. The molecule has 8 aromatic carbocycles. The van der Waals surface area contributed by atoms with Gasteiger partial charge in [0.15, 0.2) is 0 Å². The van der Waals surface area contributed by atoms with Crippen molar-refractivity contribution in [1.29, 1.82) is 0 Å². The highest BCUT2D eigenvalue weighted by Gasteiger charge is 2.53. The van der Waals surface area contributed by atoms with Gasteiger partial charge in [0, 0.05) is 58.3 Å². The molecule has 89 heavy (non-hydrogen) atoms. The third kappa shape index (κ3) is 12.6. The quantitative estimate of drug-likeness (QED) is 0.0564. The summed E-state index contributed by atoms with van der Waals surface area (Å²) in [5.74, 6) is 0. The van der Waals surface area contributed by atoms with Gasteiger partial charge >= 0.3 is 14.2 Å². The van der Waals surface area contributed by atoms with Gasteiger partial charge in [-0.15, -0.1) is 0 Å². The van der Waals surface area contributed by atoms with E-state index in [9.17, 15) is 0 Å². The summed E-state index contributed by atoms with van der Waals surface area (Å²) in [6, 6.07) is 59.1. The van der Waals surface area contributed by atoms with E-state index in [4.69, 9.17) is 18.6 Å². The zero-order valence-electron chi connectivity index (χ0n) is 54.5. The molecule has 7 nitrogen and oxygen atoms in total. The highest BCUT2D eigenvalue weighted by Crippen LogP contribution is 2.43. The van der Waals surface area contributed by atoms with Crippen molar-refractivity contribution in [2.45, 2.75) is 195 Å². The van der Waals surface area contributed by atoms with Gasteiger partial charge in [-0.05, 0) is 219 Å². The lowest BCUT2D eigenvalue weighted by atomic mass is 9.78. The molecule has 0 unspecified atom stereocenters. The van der Waals surface area contributed by atoms with Gasteiger partial charge in [0.25, 0.3) is 0 Å². The first-order valence-electron chi connectivity index (χ1n) is 33.2. The van der Waals surface area contributed by atoms with Gasteiger partial charge < -0.3 is 32.3 Å². The predicted molar refractivity (Wildman–Crippen MR) is 386 cm³/mol. The van der Waals surface area contributed by atoms with Gasteiger partial charge in [-0.25, -0.2) is 0 Å². The first-order chi connectivity index (χ1) is 42.8. The number of hydrogen-bond acceptors (Lipinski definition) is 4. The smallest absolute Gasteiger partial charge is 0.399 e. The fraction of sp³-hybridized carbons (Fsp3) is 0.385. The Morgan fingerprint density at radius 3 is 0.899 bits per heavy atom. The van der Waals surface area contributed by atoms with E-state index >= 15 is 0 Å². The fourth-order valence-corrected chi connectivity index (χ4v) is 14.0. The third-order valence-corrected chi connectivity index (χ3v) is 21.0. The summed E-state index contributed by atoms with van der Waals surface area (Å²) < 4.78 is 36.0. The molecule has 0 spiro atoms. The Balaban J connectivity index is 0.000000237. The van der Waals surface area contributed by atoms with Crippen LogP contribution in [0.2, 0.25) is 0 Å². The zero-order chi connectivity index (χ0) is 62.4. The second kappa shape index (κ2) is 26.0. The zero-order valence-corrected chi connectivity index (χ0v) is 57.7. The highest BCUT2D eigenvalue weighted by molar-refractivity contribution is 9.10. The standard InChI is InChI=1S/C54H66B2N2O4.C24H23Br2N/c1-11-13-15-17-19-37-21-27-41(28-22-37)57-47-31-25-39(55-59-51(3,4)52(5,6)60-55)33-43(47)45-35-46-44-34-40(56-61-53(7,8)54(9,10)62-56)26-32-48(44)58(50(46)36-49(45)57)42-29-23-38(24-30-42)20-18-16-14-12-2;1-2-3-4-5-6-17-7-11-20(12-8-17)27-23-13-9-18(25)15-21(23)22-16-19(26)10-14-24(22)27/h21-36H,11-20H2,1-10H3;7-16H,2-6H2,1H3. The first kappa shape index (κ1) is 63.2. The van der Waals surface area contributed by atoms with Crippen molar-refractivity contribution in [2.75, 3.05) is 0 Å². The van der Waals surface area contributed by atoms with Gasteiger partial charge in [-0.3, -0.25) is 0 Å². The number of halogens is 2. The minimum absolute atomic E-state index is 0.435. The van der Waals surface area contributed by atoms with E-state index in [1.807, 2.05) is 0 Å². The maximum Gasteiger partial charge on any atom is 0.494 e. The molecule has 2 aliphatic heterocycles. The van der Waals surface area contributed by atoms with Crippen molar-refractivity contribution in [3.63, 3.8) is 0 Å². The molecule has 11 heteroatoms. The summed E-state index contributed by atoms with van der Waals surface area (Å²) in [4.78, 5) is 0. The Bertz CT molecular complexity index is 4050. The van der Waals surface area contributed by atoms with Gasteiger partial charge in [0.05, 0.1) is 55.5 Å². The number of fused-ring (bicyclic) bond motifs is 9. The summed E-state index contributed by atoms with van der Waals surface area (Å²) in [6.45, 7) is 23.8. The Kier molecular flexibility index (Phi) is 18.5. The van der Waals surface area contributed by atoms with Crippen LogP contribution in [0.1, 0.15) is 170 Å². The highest BCUT2D eigenvalue weighted by atomic mass is 79.9. The van der Waals surface area contributed by atoms with Crippen LogP contribution in [0, 0.1) is 0 Å². The average Bonchev–Trinajstić information content (AvgIpc) is 1.57. The first-order valence-corrected chi connectivity index (χ1v) is 34.8. The van der Waals surface area contributed by atoms with Crippen LogP contribution in [0.15, 0.2) is 167 Å². The third-order valence-electron chi connectivity index (χ3n) is 20.0. The average molecular weight is 1310 g/mol. The van der Waals surface area contributed by atoms with E-state index < -0.39 is 36.6 Å². The van der Waals surface area contributed by atoms with Crippen LogP contribution < -0.4 is 10.9 Å². The maximum absolute atomic E-state index is 6.62.